The molecule has 1 fully saturated rings. The van der Waals surface area contributed by atoms with Crippen molar-refractivity contribution in [2.45, 2.75) is 46.5 Å². The molecule has 13 heavy (non-hydrogen) atoms. The second-order valence-electron chi connectivity index (χ2n) is 3.97. The predicted molar refractivity (Wildman–Crippen MR) is 56.6 cm³/mol. The van der Waals surface area contributed by atoms with Crippen molar-refractivity contribution < 1.29 is 4.79 Å². The Morgan fingerprint density at radius 3 is 1.85 bits per heavy atom. The van der Waals surface area contributed by atoms with Gasteiger partial charge in [-0.2, -0.15) is 0 Å². The summed E-state index contributed by atoms with van der Waals surface area (Å²) >= 11 is 0. The third kappa shape index (κ3) is 3.02. The summed E-state index contributed by atoms with van der Waals surface area (Å²) in [6, 6.07) is 0. The first-order valence-corrected chi connectivity index (χ1v) is 5.28. The third-order valence-electron chi connectivity index (χ3n) is 2.63. The minimum Gasteiger partial charge on any atom is -0.348 e. The first-order valence-electron chi connectivity index (χ1n) is 5.28. The van der Waals surface area contributed by atoms with Crippen molar-refractivity contribution in [2.75, 3.05) is 14.1 Å². The summed E-state index contributed by atoms with van der Waals surface area (Å²) < 4.78 is 0. The highest BCUT2D eigenvalue weighted by Crippen LogP contribution is 2.38. The number of rotatable bonds is 1. The van der Waals surface area contributed by atoms with Crippen molar-refractivity contribution in [1.82, 2.24) is 4.90 Å². The first-order chi connectivity index (χ1) is 6.06. The molecule has 1 rings (SSSR count). The van der Waals surface area contributed by atoms with Gasteiger partial charge >= 0.3 is 0 Å². The lowest BCUT2D eigenvalue weighted by Gasteiger charge is -2.25. The van der Waals surface area contributed by atoms with Crippen molar-refractivity contribution in [3.63, 3.8) is 0 Å². The highest BCUT2D eigenvalue weighted by Gasteiger charge is 2.36. The van der Waals surface area contributed by atoms with Crippen molar-refractivity contribution in [1.29, 1.82) is 0 Å². The van der Waals surface area contributed by atoms with E-state index in [0.29, 0.717) is 5.91 Å². The van der Waals surface area contributed by atoms with Gasteiger partial charge in [-0.3, -0.25) is 4.79 Å². The lowest BCUT2D eigenvalue weighted by molar-refractivity contribution is -0.138. The Morgan fingerprint density at radius 2 is 1.54 bits per heavy atom. The summed E-state index contributed by atoms with van der Waals surface area (Å²) in [7, 11) is 3.68. The smallest absolute Gasteiger partial charge is 0.227 e. The molecule has 0 bridgehead atoms. The Bertz CT molecular complexity index is 157. The van der Waals surface area contributed by atoms with E-state index in [4.69, 9.17) is 0 Å². The second kappa shape index (κ2) is 5.25. The summed E-state index contributed by atoms with van der Waals surface area (Å²) in [5.74, 6) is 0.301. The van der Waals surface area contributed by atoms with Crippen LogP contribution in [0, 0.1) is 5.41 Å². The number of hydrogen-bond donors (Lipinski definition) is 0. The largest absolute Gasteiger partial charge is 0.348 e. The zero-order valence-electron chi connectivity index (χ0n) is 9.68. The van der Waals surface area contributed by atoms with Crippen LogP contribution in [0.25, 0.3) is 0 Å². The fourth-order valence-corrected chi connectivity index (χ4v) is 1.91. The molecule has 1 aliphatic carbocycles. The topological polar surface area (TPSA) is 20.3 Å². The van der Waals surface area contributed by atoms with Crippen molar-refractivity contribution >= 4 is 5.91 Å². The van der Waals surface area contributed by atoms with E-state index in [9.17, 15) is 4.79 Å². The molecular formula is C11H23NO. The van der Waals surface area contributed by atoms with Gasteiger partial charge in [0.15, 0.2) is 0 Å². The zero-order chi connectivity index (χ0) is 10.5. The van der Waals surface area contributed by atoms with E-state index in [1.165, 1.54) is 12.8 Å². The Hall–Kier alpha value is -0.530. The van der Waals surface area contributed by atoms with Gasteiger partial charge in [-0.05, 0) is 12.8 Å². The molecule has 0 radical (unpaired) electrons. The monoisotopic (exact) mass is 185 g/mol. The van der Waals surface area contributed by atoms with Gasteiger partial charge < -0.3 is 4.90 Å². The molecule has 0 atom stereocenters. The maximum Gasteiger partial charge on any atom is 0.227 e. The number of hydrogen-bond acceptors (Lipinski definition) is 1. The summed E-state index contributed by atoms with van der Waals surface area (Å²) in [6.07, 6.45) is 4.58. The molecule has 0 aromatic heterocycles. The van der Waals surface area contributed by atoms with Crippen LogP contribution in [0.3, 0.4) is 0 Å². The molecule has 2 heteroatoms. The molecule has 0 N–H and O–H groups in total. The molecule has 0 unspecified atom stereocenters. The minimum atomic E-state index is -0.0382. The highest BCUT2D eigenvalue weighted by atomic mass is 16.2. The highest BCUT2D eigenvalue weighted by molar-refractivity contribution is 5.82. The predicted octanol–water partition coefficient (Wildman–Crippen LogP) is 2.68. The van der Waals surface area contributed by atoms with Crippen LogP contribution >= 0.6 is 0 Å². The molecule has 1 amide bonds. The molecule has 0 aliphatic heterocycles. The van der Waals surface area contributed by atoms with Gasteiger partial charge in [0.2, 0.25) is 5.91 Å². The molecule has 2 nitrogen and oxygen atoms in total. The van der Waals surface area contributed by atoms with E-state index in [1.54, 1.807) is 4.90 Å². The van der Waals surface area contributed by atoms with Gasteiger partial charge in [-0.15, -0.1) is 0 Å². The van der Waals surface area contributed by atoms with Crippen LogP contribution in [0.15, 0.2) is 0 Å². The quantitative estimate of drug-likeness (QED) is 0.615. The molecule has 0 aromatic carbocycles. The van der Waals surface area contributed by atoms with E-state index in [1.807, 2.05) is 27.9 Å². The Labute approximate surface area is 82.3 Å². The van der Waals surface area contributed by atoms with Crippen LogP contribution in [0.5, 0.6) is 0 Å². The van der Waals surface area contributed by atoms with Gasteiger partial charge in [0.1, 0.15) is 0 Å². The maximum atomic E-state index is 11.6. The average Bonchev–Trinajstić information content (AvgIpc) is 2.55. The van der Waals surface area contributed by atoms with E-state index in [0.717, 1.165) is 12.8 Å². The SMILES string of the molecule is CC.CN(C)C(=O)C1(C)CCCC1. The Balaban J connectivity index is 0.000000671. The van der Waals surface area contributed by atoms with Crippen molar-refractivity contribution in [3.8, 4) is 0 Å². The number of carbonyl (C=O) groups is 1. The molecule has 1 saturated carbocycles. The Morgan fingerprint density at radius 1 is 1.15 bits per heavy atom. The van der Waals surface area contributed by atoms with Gasteiger partial charge in [0.25, 0.3) is 0 Å². The molecule has 78 valence electrons. The lowest BCUT2D eigenvalue weighted by atomic mass is 9.87. The third-order valence-corrected chi connectivity index (χ3v) is 2.63. The summed E-state index contributed by atoms with van der Waals surface area (Å²) in [5.41, 5.74) is -0.0382. The van der Waals surface area contributed by atoms with Gasteiger partial charge in [-0.1, -0.05) is 33.6 Å². The van der Waals surface area contributed by atoms with Gasteiger partial charge in [0.05, 0.1) is 0 Å². The minimum absolute atomic E-state index is 0.0382. The first kappa shape index (κ1) is 12.5. The maximum absolute atomic E-state index is 11.6. The van der Waals surface area contributed by atoms with Crippen LogP contribution in [0.1, 0.15) is 46.5 Å². The number of amides is 1. The fraction of sp³-hybridized carbons (Fsp3) is 0.909. The van der Waals surface area contributed by atoms with Crippen LogP contribution in [-0.4, -0.2) is 24.9 Å². The van der Waals surface area contributed by atoms with E-state index >= 15 is 0 Å². The summed E-state index contributed by atoms with van der Waals surface area (Å²) in [5, 5.41) is 0. The van der Waals surface area contributed by atoms with Crippen molar-refractivity contribution in [3.05, 3.63) is 0 Å². The normalized spacial score (nSPS) is 18.8. The summed E-state index contributed by atoms with van der Waals surface area (Å²) in [4.78, 5) is 13.3. The Kier molecular flexibility index (Phi) is 5.04. The standard InChI is InChI=1S/C9H17NO.C2H6/c1-9(6-4-5-7-9)8(11)10(2)3;1-2/h4-7H2,1-3H3;1-2H3. The van der Waals surface area contributed by atoms with Crippen LogP contribution in [0.2, 0.25) is 0 Å². The van der Waals surface area contributed by atoms with E-state index < -0.39 is 0 Å². The number of nitrogens with zero attached hydrogens (tertiary/aromatic N) is 1. The van der Waals surface area contributed by atoms with Gasteiger partial charge in [-0.25, -0.2) is 0 Å². The van der Waals surface area contributed by atoms with Crippen LogP contribution < -0.4 is 0 Å². The molecule has 0 aromatic rings. The average molecular weight is 185 g/mol. The van der Waals surface area contributed by atoms with Gasteiger partial charge in [0, 0.05) is 19.5 Å². The summed E-state index contributed by atoms with van der Waals surface area (Å²) in [6.45, 7) is 6.09. The van der Waals surface area contributed by atoms with Crippen molar-refractivity contribution in [2.24, 2.45) is 5.41 Å². The molecule has 0 spiro atoms. The van der Waals surface area contributed by atoms with Crippen LogP contribution in [0.4, 0.5) is 0 Å². The molecule has 0 heterocycles. The fourth-order valence-electron chi connectivity index (χ4n) is 1.91. The van der Waals surface area contributed by atoms with E-state index in [-0.39, 0.29) is 5.41 Å². The number of carbonyl (C=O) groups excluding carboxylic acids is 1. The molecule has 1 aliphatic rings. The molecular weight excluding hydrogens is 162 g/mol. The zero-order valence-corrected chi connectivity index (χ0v) is 9.68. The lowest BCUT2D eigenvalue weighted by Crippen LogP contribution is -2.36. The second-order valence-corrected chi connectivity index (χ2v) is 3.97. The molecule has 0 saturated heterocycles. The van der Waals surface area contributed by atoms with Crippen LogP contribution in [-0.2, 0) is 4.79 Å². The van der Waals surface area contributed by atoms with E-state index in [2.05, 4.69) is 6.92 Å².